The molecular formula is C13H17N3O3. The minimum atomic E-state index is -0.321. The number of benzene rings is 1. The van der Waals surface area contributed by atoms with Gasteiger partial charge in [-0.25, -0.2) is 4.79 Å². The summed E-state index contributed by atoms with van der Waals surface area (Å²) in [5.41, 5.74) is 1.28. The number of rotatable bonds is 4. The number of hydrogen-bond donors (Lipinski definition) is 2. The summed E-state index contributed by atoms with van der Waals surface area (Å²) in [6.07, 6.45) is 0. The Morgan fingerprint density at radius 1 is 1.37 bits per heavy atom. The maximum atomic E-state index is 12.1. The molecule has 19 heavy (non-hydrogen) atoms. The molecule has 2 N–H and O–H groups in total. The molecule has 0 bridgehead atoms. The lowest BCUT2D eigenvalue weighted by Crippen LogP contribution is -2.39. The number of nitrogens with one attached hydrogen (secondary N) is 1. The number of aliphatic hydroxyl groups is 1. The third-order valence-electron chi connectivity index (χ3n) is 3.03. The number of carbonyl (C=O) groups is 1. The molecule has 2 rings (SSSR count). The molecule has 1 unspecified atom stereocenters. The molecule has 102 valence electrons. The molecule has 0 aliphatic heterocycles. The highest BCUT2D eigenvalue weighted by Crippen LogP contribution is 2.11. The van der Waals surface area contributed by atoms with Crippen LogP contribution in [0, 0.1) is 0 Å². The number of amides is 1. The fourth-order valence-electron chi connectivity index (χ4n) is 2.03. The van der Waals surface area contributed by atoms with Gasteiger partial charge in [-0.3, -0.25) is 13.9 Å². The van der Waals surface area contributed by atoms with E-state index in [1.807, 2.05) is 18.2 Å². The molecular weight excluding hydrogens is 246 g/mol. The zero-order chi connectivity index (χ0) is 14.0. The van der Waals surface area contributed by atoms with Crippen LogP contribution in [0.4, 0.5) is 0 Å². The third kappa shape index (κ3) is 2.53. The van der Waals surface area contributed by atoms with Crippen molar-refractivity contribution in [3.05, 3.63) is 34.7 Å². The highest BCUT2D eigenvalue weighted by molar-refractivity contribution is 5.81. The Bertz CT molecular complexity index is 657. The molecule has 0 fully saturated rings. The summed E-state index contributed by atoms with van der Waals surface area (Å²) in [5.74, 6) is -0.292. The molecule has 0 aliphatic carbocycles. The van der Waals surface area contributed by atoms with Crippen LogP contribution in [0.2, 0.25) is 0 Å². The number of aliphatic hydroxyl groups excluding tert-OH is 1. The van der Waals surface area contributed by atoms with E-state index in [0.717, 1.165) is 11.0 Å². The average molecular weight is 263 g/mol. The van der Waals surface area contributed by atoms with Gasteiger partial charge in [0.25, 0.3) is 0 Å². The van der Waals surface area contributed by atoms with Crippen LogP contribution in [0.5, 0.6) is 0 Å². The van der Waals surface area contributed by atoms with Gasteiger partial charge in [0.05, 0.1) is 17.6 Å². The molecule has 6 nitrogen and oxygen atoms in total. The van der Waals surface area contributed by atoms with Gasteiger partial charge in [-0.15, -0.1) is 0 Å². The van der Waals surface area contributed by atoms with E-state index in [1.165, 1.54) is 9.13 Å². The van der Waals surface area contributed by atoms with Gasteiger partial charge in [0.1, 0.15) is 6.54 Å². The summed E-state index contributed by atoms with van der Waals surface area (Å²) in [6.45, 7) is 1.52. The number of imidazole rings is 1. The van der Waals surface area contributed by atoms with Gasteiger partial charge in [-0.2, -0.15) is 0 Å². The molecule has 0 radical (unpaired) electrons. The van der Waals surface area contributed by atoms with E-state index < -0.39 is 0 Å². The van der Waals surface area contributed by atoms with Crippen LogP contribution in [-0.2, 0) is 18.4 Å². The van der Waals surface area contributed by atoms with Crippen LogP contribution < -0.4 is 11.0 Å². The zero-order valence-electron chi connectivity index (χ0n) is 11.0. The van der Waals surface area contributed by atoms with Gasteiger partial charge < -0.3 is 10.4 Å². The monoisotopic (exact) mass is 263 g/mol. The van der Waals surface area contributed by atoms with Crippen LogP contribution in [0.3, 0.4) is 0 Å². The van der Waals surface area contributed by atoms with Crippen molar-refractivity contribution in [2.24, 2.45) is 7.05 Å². The van der Waals surface area contributed by atoms with E-state index in [-0.39, 0.29) is 30.8 Å². The molecule has 1 amide bonds. The number of aryl methyl sites for hydroxylation is 1. The molecule has 1 atom stereocenters. The molecule has 2 aromatic rings. The summed E-state index contributed by atoms with van der Waals surface area (Å²) >= 11 is 0. The van der Waals surface area contributed by atoms with Gasteiger partial charge >= 0.3 is 5.69 Å². The van der Waals surface area contributed by atoms with E-state index in [0.29, 0.717) is 0 Å². The van der Waals surface area contributed by atoms with Gasteiger partial charge in [0.2, 0.25) is 5.91 Å². The first-order chi connectivity index (χ1) is 9.04. The molecule has 0 saturated carbocycles. The number of fused-ring (bicyclic) bond motifs is 1. The number of carbonyl (C=O) groups excluding carboxylic acids is 1. The first-order valence-electron chi connectivity index (χ1n) is 6.09. The van der Waals surface area contributed by atoms with E-state index >= 15 is 0 Å². The average Bonchev–Trinajstić information content (AvgIpc) is 2.64. The Balaban J connectivity index is 2.33. The second-order valence-corrected chi connectivity index (χ2v) is 4.57. The van der Waals surface area contributed by atoms with Crippen molar-refractivity contribution >= 4 is 16.9 Å². The lowest BCUT2D eigenvalue weighted by molar-refractivity contribution is -0.122. The van der Waals surface area contributed by atoms with E-state index in [2.05, 4.69) is 5.32 Å². The SMILES string of the molecule is CC(CO)NC(=O)Cn1c(=O)n(C)c2ccccc21. The lowest BCUT2D eigenvalue weighted by Gasteiger charge is -2.10. The summed E-state index contributed by atoms with van der Waals surface area (Å²) in [7, 11) is 1.68. The second kappa shape index (κ2) is 5.27. The van der Waals surface area contributed by atoms with Crippen LogP contribution in [-0.4, -0.2) is 32.8 Å². The Morgan fingerprint density at radius 3 is 2.63 bits per heavy atom. The van der Waals surface area contributed by atoms with Gasteiger partial charge in [-0.1, -0.05) is 12.1 Å². The van der Waals surface area contributed by atoms with Crippen molar-refractivity contribution in [2.75, 3.05) is 6.61 Å². The Hall–Kier alpha value is -2.08. The summed E-state index contributed by atoms with van der Waals surface area (Å²) < 4.78 is 2.94. The fraction of sp³-hybridized carbons (Fsp3) is 0.385. The van der Waals surface area contributed by atoms with E-state index in [9.17, 15) is 9.59 Å². The largest absolute Gasteiger partial charge is 0.394 e. The third-order valence-corrected chi connectivity index (χ3v) is 3.03. The minimum Gasteiger partial charge on any atom is -0.394 e. The number of para-hydroxylation sites is 2. The second-order valence-electron chi connectivity index (χ2n) is 4.57. The number of aromatic nitrogens is 2. The smallest absolute Gasteiger partial charge is 0.329 e. The van der Waals surface area contributed by atoms with Crippen LogP contribution in [0.1, 0.15) is 6.92 Å². The van der Waals surface area contributed by atoms with Gasteiger partial charge in [0, 0.05) is 13.1 Å². The predicted molar refractivity (Wildman–Crippen MR) is 71.9 cm³/mol. The molecule has 1 aromatic carbocycles. The van der Waals surface area contributed by atoms with Crippen molar-refractivity contribution in [1.82, 2.24) is 14.5 Å². The Morgan fingerprint density at radius 2 is 2.00 bits per heavy atom. The minimum absolute atomic E-state index is 0.0511. The lowest BCUT2D eigenvalue weighted by atomic mass is 10.3. The van der Waals surface area contributed by atoms with Crippen molar-refractivity contribution < 1.29 is 9.90 Å². The summed E-state index contributed by atoms with van der Waals surface area (Å²) in [6, 6.07) is 6.99. The normalized spacial score (nSPS) is 12.6. The van der Waals surface area contributed by atoms with Gasteiger partial charge in [-0.05, 0) is 19.1 Å². The van der Waals surface area contributed by atoms with Crippen molar-refractivity contribution in [1.29, 1.82) is 0 Å². The first-order valence-corrected chi connectivity index (χ1v) is 6.09. The van der Waals surface area contributed by atoms with Gasteiger partial charge in [0.15, 0.2) is 0 Å². The van der Waals surface area contributed by atoms with E-state index in [4.69, 9.17) is 5.11 Å². The number of hydrogen-bond acceptors (Lipinski definition) is 3. The van der Waals surface area contributed by atoms with Crippen LogP contribution in [0.25, 0.3) is 11.0 Å². The molecule has 0 aliphatic rings. The van der Waals surface area contributed by atoms with E-state index in [1.54, 1.807) is 20.0 Å². The molecule has 1 heterocycles. The van der Waals surface area contributed by atoms with Crippen molar-refractivity contribution in [3.63, 3.8) is 0 Å². The topological polar surface area (TPSA) is 76.3 Å². The Labute approximate surface area is 110 Å². The van der Waals surface area contributed by atoms with Crippen LogP contribution >= 0.6 is 0 Å². The highest BCUT2D eigenvalue weighted by atomic mass is 16.3. The standard InChI is InChI=1S/C13H17N3O3/c1-9(8-17)14-12(18)7-16-11-6-4-3-5-10(11)15(2)13(16)19/h3-6,9,17H,7-8H2,1-2H3,(H,14,18). The quantitative estimate of drug-likeness (QED) is 0.804. The summed E-state index contributed by atoms with van der Waals surface area (Å²) in [4.78, 5) is 23.9. The molecule has 0 saturated heterocycles. The molecule has 1 aromatic heterocycles. The van der Waals surface area contributed by atoms with Crippen molar-refractivity contribution in [3.8, 4) is 0 Å². The maximum absolute atomic E-state index is 12.1. The highest BCUT2D eigenvalue weighted by Gasteiger charge is 2.14. The van der Waals surface area contributed by atoms with Crippen molar-refractivity contribution in [2.45, 2.75) is 19.5 Å². The molecule has 0 spiro atoms. The maximum Gasteiger partial charge on any atom is 0.329 e. The number of nitrogens with zero attached hydrogens (tertiary/aromatic N) is 2. The molecule has 6 heteroatoms. The first kappa shape index (κ1) is 13.4. The Kier molecular flexibility index (Phi) is 3.71. The fourth-order valence-corrected chi connectivity index (χ4v) is 2.03. The summed E-state index contributed by atoms with van der Waals surface area (Å²) in [5, 5.41) is 11.5. The van der Waals surface area contributed by atoms with Crippen LogP contribution in [0.15, 0.2) is 29.1 Å². The predicted octanol–water partition coefficient (Wildman–Crippen LogP) is -0.163. The zero-order valence-corrected chi connectivity index (χ0v) is 11.0.